The minimum absolute atomic E-state index is 0.468. The van der Waals surface area contributed by atoms with Crippen LogP contribution in [0.25, 0.3) is 0 Å². The second-order valence-corrected chi connectivity index (χ2v) is 6.16. The second kappa shape index (κ2) is 5.31. The van der Waals surface area contributed by atoms with E-state index in [2.05, 4.69) is 45.0 Å². The summed E-state index contributed by atoms with van der Waals surface area (Å²) >= 11 is 0. The van der Waals surface area contributed by atoms with E-state index in [0.717, 1.165) is 11.8 Å². The molecule has 1 N–H and O–H groups in total. The molecule has 0 aromatic carbocycles. The van der Waals surface area contributed by atoms with E-state index in [1.807, 2.05) is 0 Å². The number of hydrogen-bond donors (Lipinski definition) is 1. The zero-order valence-corrected chi connectivity index (χ0v) is 11.1. The molecule has 1 aliphatic heterocycles. The topological polar surface area (TPSA) is 15.3 Å². The molecule has 0 saturated carbocycles. The molecule has 1 atom stereocenters. The minimum Gasteiger partial charge on any atom is -0.319 e. The molecular weight excluding hydrogens is 184 g/mol. The molecule has 1 saturated heterocycles. The van der Waals surface area contributed by atoms with Crippen LogP contribution in [0.3, 0.4) is 0 Å². The van der Waals surface area contributed by atoms with Crippen LogP contribution in [0.5, 0.6) is 0 Å². The predicted molar refractivity (Wildman–Crippen MR) is 67.1 cm³/mol. The second-order valence-electron chi connectivity index (χ2n) is 6.16. The molecule has 0 aromatic rings. The third-order valence-electron chi connectivity index (χ3n) is 3.60. The molecule has 0 aliphatic carbocycles. The molecule has 1 rings (SSSR count). The van der Waals surface area contributed by atoms with Crippen LogP contribution in [0.2, 0.25) is 0 Å². The lowest BCUT2D eigenvalue weighted by atomic mass is 9.73. The Balaban J connectivity index is 2.48. The Morgan fingerprint density at radius 3 is 2.53 bits per heavy atom. The van der Waals surface area contributed by atoms with Gasteiger partial charge in [-0.3, -0.25) is 0 Å². The molecule has 15 heavy (non-hydrogen) atoms. The van der Waals surface area contributed by atoms with Crippen molar-refractivity contribution in [1.29, 1.82) is 0 Å². The van der Waals surface area contributed by atoms with Gasteiger partial charge in [0, 0.05) is 13.1 Å². The van der Waals surface area contributed by atoms with Crippen molar-refractivity contribution in [3.05, 3.63) is 0 Å². The summed E-state index contributed by atoms with van der Waals surface area (Å²) in [4.78, 5) is 2.64. The van der Waals surface area contributed by atoms with Gasteiger partial charge in [0.25, 0.3) is 0 Å². The molecule has 0 aromatic heterocycles. The first-order valence-electron chi connectivity index (χ1n) is 6.32. The third kappa shape index (κ3) is 3.76. The maximum absolute atomic E-state index is 3.33. The number of rotatable bonds is 4. The largest absolute Gasteiger partial charge is 0.319 e. The molecule has 2 heteroatoms. The molecule has 90 valence electrons. The van der Waals surface area contributed by atoms with Gasteiger partial charge in [-0.1, -0.05) is 27.7 Å². The van der Waals surface area contributed by atoms with Crippen molar-refractivity contribution >= 4 is 0 Å². The lowest BCUT2D eigenvalue weighted by molar-refractivity contribution is 0.0492. The molecule has 1 unspecified atom stereocenters. The van der Waals surface area contributed by atoms with Crippen LogP contribution < -0.4 is 5.32 Å². The van der Waals surface area contributed by atoms with Crippen LogP contribution in [-0.2, 0) is 0 Å². The molecule has 2 nitrogen and oxygen atoms in total. The summed E-state index contributed by atoms with van der Waals surface area (Å²) in [5.41, 5.74) is 0.468. The van der Waals surface area contributed by atoms with E-state index in [1.54, 1.807) is 0 Å². The summed E-state index contributed by atoms with van der Waals surface area (Å²) in [6.07, 6.45) is 1.35. The average Bonchev–Trinajstić information content (AvgIpc) is 2.08. The molecule has 0 bridgehead atoms. The quantitative estimate of drug-likeness (QED) is 0.768. The molecule has 1 fully saturated rings. The fourth-order valence-corrected chi connectivity index (χ4v) is 2.81. The van der Waals surface area contributed by atoms with Crippen LogP contribution in [0.4, 0.5) is 0 Å². The van der Waals surface area contributed by atoms with Crippen LogP contribution in [0, 0.1) is 17.3 Å². The van der Waals surface area contributed by atoms with Crippen molar-refractivity contribution < 1.29 is 0 Å². The highest BCUT2D eigenvalue weighted by Crippen LogP contribution is 2.34. The Morgan fingerprint density at radius 2 is 2.07 bits per heavy atom. The fourth-order valence-electron chi connectivity index (χ4n) is 2.81. The fraction of sp³-hybridized carbons (Fsp3) is 1.00. The van der Waals surface area contributed by atoms with Gasteiger partial charge in [0.15, 0.2) is 0 Å². The van der Waals surface area contributed by atoms with E-state index in [-0.39, 0.29) is 0 Å². The van der Waals surface area contributed by atoms with Crippen molar-refractivity contribution in [3.8, 4) is 0 Å². The highest BCUT2D eigenvalue weighted by Gasteiger charge is 2.35. The van der Waals surface area contributed by atoms with Gasteiger partial charge >= 0.3 is 0 Å². The zero-order chi connectivity index (χ0) is 11.5. The van der Waals surface area contributed by atoms with Gasteiger partial charge in [0.2, 0.25) is 0 Å². The summed E-state index contributed by atoms with van der Waals surface area (Å²) in [6.45, 7) is 14.4. The zero-order valence-electron chi connectivity index (χ0n) is 11.1. The van der Waals surface area contributed by atoms with E-state index >= 15 is 0 Å². The summed E-state index contributed by atoms with van der Waals surface area (Å²) in [5, 5.41) is 3.33. The normalized spacial score (nSPS) is 27.2. The Bertz CT molecular complexity index is 187. The first kappa shape index (κ1) is 13.0. The van der Waals surface area contributed by atoms with Gasteiger partial charge in [-0.25, -0.2) is 0 Å². The van der Waals surface area contributed by atoms with Gasteiger partial charge in [-0.2, -0.15) is 0 Å². The third-order valence-corrected chi connectivity index (χ3v) is 3.60. The van der Waals surface area contributed by atoms with Crippen LogP contribution >= 0.6 is 0 Å². The van der Waals surface area contributed by atoms with Gasteiger partial charge < -0.3 is 10.2 Å². The van der Waals surface area contributed by atoms with Gasteiger partial charge in [-0.15, -0.1) is 0 Å². The number of hydrogen-bond acceptors (Lipinski definition) is 2. The van der Waals surface area contributed by atoms with Crippen LogP contribution in [0.15, 0.2) is 0 Å². The Hall–Kier alpha value is -0.0800. The van der Waals surface area contributed by atoms with Crippen molar-refractivity contribution in [2.45, 2.75) is 34.1 Å². The van der Waals surface area contributed by atoms with Crippen molar-refractivity contribution in [3.63, 3.8) is 0 Å². The highest BCUT2D eigenvalue weighted by atomic mass is 15.1. The Morgan fingerprint density at radius 1 is 1.40 bits per heavy atom. The monoisotopic (exact) mass is 212 g/mol. The number of nitrogens with one attached hydrogen (secondary N) is 1. The van der Waals surface area contributed by atoms with E-state index in [0.29, 0.717) is 5.41 Å². The summed E-state index contributed by atoms with van der Waals surface area (Å²) in [5.74, 6) is 1.63. The van der Waals surface area contributed by atoms with Gasteiger partial charge in [-0.05, 0) is 43.8 Å². The Kier molecular flexibility index (Phi) is 4.60. The molecular formula is C13H28N2. The van der Waals surface area contributed by atoms with E-state index < -0.39 is 0 Å². The number of likely N-dealkylation sites (tertiary alicyclic amines) is 1. The Labute approximate surface area is 95.4 Å². The van der Waals surface area contributed by atoms with E-state index in [1.165, 1.54) is 32.6 Å². The standard InChI is InChI=1S/C13H28N2/c1-11(2)9-15-7-6-12(8-14-5)13(3,4)10-15/h11-12,14H,6-10H2,1-5H3. The van der Waals surface area contributed by atoms with Gasteiger partial charge in [0.05, 0.1) is 0 Å². The first-order chi connectivity index (χ1) is 6.95. The lowest BCUT2D eigenvalue weighted by Gasteiger charge is -2.45. The molecule has 0 amide bonds. The molecule has 0 spiro atoms. The van der Waals surface area contributed by atoms with E-state index in [9.17, 15) is 0 Å². The van der Waals surface area contributed by atoms with E-state index in [4.69, 9.17) is 0 Å². The van der Waals surface area contributed by atoms with Crippen molar-refractivity contribution in [2.24, 2.45) is 17.3 Å². The highest BCUT2D eigenvalue weighted by molar-refractivity contribution is 4.88. The number of nitrogens with zero attached hydrogens (tertiary/aromatic N) is 1. The summed E-state index contributed by atoms with van der Waals surface area (Å²) in [6, 6.07) is 0. The predicted octanol–water partition coefficient (Wildman–Crippen LogP) is 2.21. The SMILES string of the molecule is CNCC1CCN(CC(C)C)CC1(C)C. The van der Waals surface area contributed by atoms with Crippen molar-refractivity contribution in [2.75, 3.05) is 33.2 Å². The van der Waals surface area contributed by atoms with Crippen LogP contribution in [-0.4, -0.2) is 38.1 Å². The molecule has 0 radical (unpaired) electrons. The number of piperidine rings is 1. The van der Waals surface area contributed by atoms with Crippen molar-refractivity contribution in [1.82, 2.24) is 10.2 Å². The maximum Gasteiger partial charge on any atom is 0.00359 e. The lowest BCUT2D eigenvalue weighted by Crippen LogP contribution is -2.49. The smallest absolute Gasteiger partial charge is 0.00359 e. The average molecular weight is 212 g/mol. The van der Waals surface area contributed by atoms with Gasteiger partial charge in [0.1, 0.15) is 0 Å². The summed E-state index contributed by atoms with van der Waals surface area (Å²) < 4.78 is 0. The first-order valence-corrected chi connectivity index (χ1v) is 6.32. The molecule has 1 aliphatic rings. The van der Waals surface area contributed by atoms with Crippen LogP contribution in [0.1, 0.15) is 34.1 Å². The minimum atomic E-state index is 0.468. The maximum atomic E-state index is 3.33. The summed E-state index contributed by atoms with van der Waals surface area (Å²) in [7, 11) is 2.07. The molecule has 1 heterocycles.